The molecule has 9 nitrogen and oxygen atoms in total. The number of alkyl halides is 2. The van der Waals surface area contributed by atoms with E-state index in [2.05, 4.69) is 25.2 Å². The maximum Gasteiger partial charge on any atom is 0.274 e. The lowest BCUT2D eigenvalue weighted by molar-refractivity contribution is -0.00572. The Morgan fingerprint density at radius 1 is 0.907 bits per heavy atom. The van der Waals surface area contributed by atoms with Gasteiger partial charge in [0.05, 0.1) is 35.3 Å². The van der Waals surface area contributed by atoms with E-state index >= 15 is 4.39 Å². The van der Waals surface area contributed by atoms with Crippen molar-refractivity contribution >= 4 is 23.2 Å². The fourth-order valence-electron chi connectivity index (χ4n) is 5.70. The average Bonchev–Trinajstić information content (AvgIpc) is 2.95. The number of ether oxygens (including phenoxy) is 1. The van der Waals surface area contributed by atoms with Gasteiger partial charge < -0.3 is 19.9 Å². The van der Waals surface area contributed by atoms with Gasteiger partial charge in [0.25, 0.3) is 12.3 Å². The molecule has 2 aromatic heterocycles. The molecule has 0 spiro atoms. The van der Waals surface area contributed by atoms with Gasteiger partial charge in [0.1, 0.15) is 17.3 Å². The minimum absolute atomic E-state index is 0.00406. The molecular weight excluding hydrogens is 566 g/mol. The van der Waals surface area contributed by atoms with Gasteiger partial charge in [-0.3, -0.25) is 9.69 Å². The Kier molecular flexibility index (Phi) is 8.84. The molecular formula is C30H35F4N7O2. The zero-order valence-electron chi connectivity index (χ0n) is 24.7. The largest absolute Gasteiger partial charge is 0.372 e. The third-order valence-corrected chi connectivity index (χ3v) is 8.02. The number of carbonyl (C=O) groups is 1. The predicted octanol–water partition coefficient (Wildman–Crippen LogP) is 5.15. The molecule has 0 aliphatic carbocycles. The highest BCUT2D eigenvalue weighted by atomic mass is 19.3. The Balaban J connectivity index is 1.52. The molecule has 13 heteroatoms. The van der Waals surface area contributed by atoms with Gasteiger partial charge in [-0.2, -0.15) is 0 Å². The van der Waals surface area contributed by atoms with Crippen molar-refractivity contribution < 1.29 is 27.1 Å². The Morgan fingerprint density at radius 2 is 1.53 bits per heavy atom. The molecule has 43 heavy (non-hydrogen) atoms. The lowest BCUT2D eigenvalue weighted by Gasteiger charge is -2.44. The van der Waals surface area contributed by atoms with E-state index in [1.165, 1.54) is 24.5 Å². The van der Waals surface area contributed by atoms with E-state index in [1.54, 1.807) is 0 Å². The van der Waals surface area contributed by atoms with E-state index in [0.29, 0.717) is 55.6 Å². The van der Waals surface area contributed by atoms with Gasteiger partial charge in [-0.25, -0.2) is 32.5 Å². The highest BCUT2D eigenvalue weighted by molar-refractivity contribution is 6.06. The summed E-state index contributed by atoms with van der Waals surface area (Å²) in [7, 11) is 2.01. The molecule has 1 amide bonds. The number of hydrogen-bond acceptors (Lipinski definition) is 8. The van der Waals surface area contributed by atoms with E-state index in [4.69, 9.17) is 4.74 Å². The third kappa shape index (κ3) is 6.57. The number of pyridine rings is 1. The first-order valence-corrected chi connectivity index (χ1v) is 14.2. The van der Waals surface area contributed by atoms with Crippen molar-refractivity contribution in [2.24, 2.45) is 0 Å². The molecule has 0 radical (unpaired) electrons. The van der Waals surface area contributed by atoms with Crippen LogP contribution in [-0.4, -0.2) is 83.3 Å². The number of nitrogens with zero attached hydrogens (tertiary/aromatic N) is 6. The Bertz CT molecular complexity index is 1450. The van der Waals surface area contributed by atoms with Crippen molar-refractivity contribution in [1.29, 1.82) is 0 Å². The molecule has 230 valence electrons. The Hall–Kier alpha value is -3.84. The number of anilines is 3. The number of aromatic nitrogens is 3. The van der Waals surface area contributed by atoms with Crippen LogP contribution in [0.3, 0.4) is 0 Å². The molecule has 2 fully saturated rings. The summed E-state index contributed by atoms with van der Waals surface area (Å²) in [4.78, 5) is 32.0. The Labute approximate surface area is 247 Å². The van der Waals surface area contributed by atoms with Crippen LogP contribution in [0.15, 0.2) is 36.8 Å². The predicted molar refractivity (Wildman–Crippen MR) is 156 cm³/mol. The number of hydrogen-bond donors (Lipinski definition) is 1. The maximum atomic E-state index is 15.8. The van der Waals surface area contributed by atoms with Crippen LogP contribution in [0, 0.1) is 11.6 Å². The average molecular weight is 602 g/mol. The van der Waals surface area contributed by atoms with E-state index in [-0.39, 0.29) is 35.5 Å². The smallest absolute Gasteiger partial charge is 0.274 e. The van der Waals surface area contributed by atoms with Gasteiger partial charge in [0.15, 0.2) is 0 Å². The number of carbonyl (C=O) groups excluding carboxylic acids is 1. The van der Waals surface area contributed by atoms with Crippen molar-refractivity contribution in [3.8, 4) is 11.1 Å². The molecule has 2 aliphatic rings. The van der Waals surface area contributed by atoms with Gasteiger partial charge in [0, 0.05) is 61.8 Å². The van der Waals surface area contributed by atoms with Crippen LogP contribution in [0.5, 0.6) is 0 Å². The van der Waals surface area contributed by atoms with Gasteiger partial charge in [0.2, 0.25) is 5.95 Å². The third-order valence-electron chi connectivity index (χ3n) is 8.02. The summed E-state index contributed by atoms with van der Waals surface area (Å²) in [6, 6.07) is 3.58. The first kappa shape index (κ1) is 30.6. The second-order valence-corrected chi connectivity index (χ2v) is 11.4. The molecule has 0 bridgehead atoms. The maximum absolute atomic E-state index is 15.8. The summed E-state index contributed by atoms with van der Waals surface area (Å²) in [6.07, 6.45) is 0.602. The number of piperazine rings is 1. The summed E-state index contributed by atoms with van der Waals surface area (Å²) in [5, 5.41) is 2.65. The molecule has 0 unspecified atom stereocenters. The highest BCUT2D eigenvalue weighted by Crippen LogP contribution is 2.36. The van der Waals surface area contributed by atoms with Crippen molar-refractivity contribution in [3.63, 3.8) is 0 Å². The highest BCUT2D eigenvalue weighted by Gasteiger charge is 2.30. The lowest BCUT2D eigenvalue weighted by Crippen LogP contribution is -2.55. The molecule has 3 aromatic rings. The van der Waals surface area contributed by atoms with Crippen LogP contribution < -0.4 is 15.1 Å². The van der Waals surface area contributed by atoms with Crippen molar-refractivity contribution in [1.82, 2.24) is 19.9 Å². The molecule has 2 aliphatic heterocycles. The fraction of sp³-hybridized carbons (Fsp3) is 0.467. The second-order valence-electron chi connectivity index (χ2n) is 11.4. The number of rotatable bonds is 6. The van der Waals surface area contributed by atoms with Crippen LogP contribution in [0.25, 0.3) is 11.1 Å². The van der Waals surface area contributed by atoms with Crippen LogP contribution in [0.1, 0.15) is 50.2 Å². The summed E-state index contributed by atoms with van der Waals surface area (Å²) < 4.78 is 62.6. The monoisotopic (exact) mass is 601 g/mol. The zero-order chi connectivity index (χ0) is 31.0. The summed E-state index contributed by atoms with van der Waals surface area (Å²) in [5.41, 5.74) is -0.391. The number of likely N-dealkylation sites (N-methyl/N-ethyl adjacent to an activating group) is 1. The molecule has 0 saturated carbocycles. The first-order chi connectivity index (χ1) is 20.4. The van der Waals surface area contributed by atoms with Gasteiger partial charge >= 0.3 is 0 Å². The minimum atomic E-state index is -3.13. The topological polar surface area (TPSA) is 86.7 Å². The summed E-state index contributed by atoms with van der Waals surface area (Å²) in [6.45, 7) is 10.3. The molecule has 1 aromatic carbocycles. The SMILES string of the molecule is C[C@@H]1CN(c2ncc(-c3cc(NC(=O)c4ncc(F)cc4C(F)F)c(N4C[C@@H](C)N(C)[C@@H](C)C4)cc3F)cn2)C[C@H](C)O1. The van der Waals surface area contributed by atoms with Crippen LogP contribution in [0.2, 0.25) is 0 Å². The van der Waals surface area contributed by atoms with Gasteiger partial charge in [-0.05, 0) is 52.9 Å². The minimum Gasteiger partial charge on any atom is -0.372 e. The molecule has 2 saturated heterocycles. The van der Waals surface area contributed by atoms with Gasteiger partial charge in [-0.15, -0.1) is 0 Å². The second kappa shape index (κ2) is 12.4. The van der Waals surface area contributed by atoms with Crippen molar-refractivity contribution in [2.75, 3.05) is 48.3 Å². The molecule has 4 atom stereocenters. The summed E-state index contributed by atoms with van der Waals surface area (Å²) >= 11 is 0. The molecule has 5 rings (SSSR count). The number of halogens is 4. The van der Waals surface area contributed by atoms with Crippen LogP contribution >= 0.6 is 0 Å². The number of morpholine rings is 1. The van der Waals surface area contributed by atoms with E-state index in [0.717, 1.165) is 0 Å². The standard InChI is InChI=1S/C30H35F4N7O2/c1-16-12-40(13-17(2)39(16)5)26-8-24(32)22(20-9-36-30(37-10-20)41-14-18(3)43-19(4)15-41)7-25(26)38-29(42)27-23(28(33)34)6-21(31)11-35-27/h6-11,16-19,28H,12-15H2,1-5H3,(H,38,42)/t16-,17+,18-,19+. The quantitative estimate of drug-likeness (QED) is 0.389. The Morgan fingerprint density at radius 3 is 2.14 bits per heavy atom. The molecule has 4 heterocycles. The van der Waals surface area contributed by atoms with Crippen molar-refractivity contribution in [3.05, 3.63) is 59.7 Å². The van der Waals surface area contributed by atoms with E-state index in [1.807, 2.05) is 44.5 Å². The van der Waals surface area contributed by atoms with Gasteiger partial charge in [-0.1, -0.05) is 0 Å². The van der Waals surface area contributed by atoms with Crippen LogP contribution in [-0.2, 0) is 4.74 Å². The number of benzene rings is 1. The summed E-state index contributed by atoms with van der Waals surface area (Å²) in [5.74, 6) is -2.03. The first-order valence-electron chi connectivity index (χ1n) is 14.2. The lowest BCUT2D eigenvalue weighted by atomic mass is 10.0. The van der Waals surface area contributed by atoms with Crippen LogP contribution in [0.4, 0.5) is 34.9 Å². The number of nitrogens with one attached hydrogen (secondary N) is 1. The normalized spacial score (nSPS) is 23.1. The zero-order valence-corrected chi connectivity index (χ0v) is 24.7. The fourth-order valence-corrected chi connectivity index (χ4v) is 5.70. The number of amides is 1. The van der Waals surface area contributed by atoms with E-state index in [9.17, 15) is 18.0 Å². The molecule has 1 N–H and O–H groups in total. The van der Waals surface area contributed by atoms with Crippen molar-refractivity contribution in [2.45, 2.75) is 58.4 Å². The van der Waals surface area contributed by atoms with E-state index < -0.39 is 35.2 Å².